The average molecular weight is 513 g/mol. The van der Waals surface area contributed by atoms with Crippen LogP contribution in [0.2, 0.25) is 5.02 Å². The van der Waals surface area contributed by atoms with Gasteiger partial charge in [0, 0.05) is 36.6 Å². The molecular formula is C28H25ClN6O2. The van der Waals surface area contributed by atoms with Crippen LogP contribution in [-0.4, -0.2) is 63.7 Å². The number of benzene rings is 3. The number of hydrogen-bond acceptors (Lipinski definition) is 6. The summed E-state index contributed by atoms with van der Waals surface area (Å²) in [6.45, 7) is 2.49. The second-order valence-electron chi connectivity index (χ2n) is 8.99. The Bertz CT molecular complexity index is 1600. The average Bonchev–Trinajstić information content (AvgIpc) is 3.38. The molecule has 1 saturated heterocycles. The smallest absolute Gasteiger partial charge is 0.227 e. The highest BCUT2D eigenvalue weighted by molar-refractivity contribution is 6.31. The highest BCUT2D eigenvalue weighted by atomic mass is 35.5. The van der Waals surface area contributed by atoms with Crippen molar-refractivity contribution in [3.63, 3.8) is 0 Å². The second-order valence-corrected chi connectivity index (χ2v) is 9.42. The molecule has 0 aliphatic carbocycles. The van der Waals surface area contributed by atoms with Crippen molar-refractivity contribution in [3.8, 4) is 17.1 Å². The number of nitrogens with zero attached hydrogens (tertiary/aromatic N) is 6. The molecule has 3 heterocycles. The minimum atomic E-state index is 0.133. The van der Waals surface area contributed by atoms with Crippen molar-refractivity contribution in [1.82, 2.24) is 24.5 Å². The number of amides is 1. The largest absolute Gasteiger partial charge is 0.496 e. The van der Waals surface area contributed by atoms with Crippen LogP contribution < -0.4 is 9.64 Å². The first kappa shape index (κ1) is 23.2. The van der Waals surface area contributed by atoms with Crippen molar-refractivity contribution >= 4 is 40.0 Å². The molecule has 9 heteroatoms. The van der Waals surface area contributed by atoms with Crippen LogP contribution in [-0.2, 0) is 11.2 Å². The number of aromatic nitrogens is 4. The van der Waals surface area contributed by atoms with Crippen molar-refractivity contribution in [2.75, 3.05) is 38.2 Å². The van der Waals surface area contributed by atoms with Gasteiger partial charge in [0.1, 0.15) is 5.75 Å². The van der Waals surface area contributed by atoms with Gasteiger partial charge in [0.15, 0.2) is 11.5 Å². The van der Waals surface area contributed by atoms with Crippen LogP contribution in [0.4, 0.5) is 5.95 Å². The number of para-hydroxylation sites is 1. The van der Waals surface area contributed by atoms with Gasteiger partial charge in [-0.25, -0.2) is 9.38 Å². The van der Waals surface area contributed by atoms with Gasteiger partial charge in [0.2, 0.25) is 11.9 Å². The third-order valence-corrected chi connectivity index (χ3v) is 6.98. The Morgan fingerprint density at radius 3 is 2.49 bits per heavy atom. The van der Waals surface area contributed by atoms with E-state index in [-0.39, 0.29) is 5.91 Å². The Morgan fingerprint density at radius 1 is 0.946 bits per heavy atom. The number of carbonyl (C=O) groups excluding carboxylic acids is 1. The Hall–Kier alpha value is -4.17. The number of methoxy groups -OCH3 is 1. The van der Waals surface area contributed by atoms with Gasteiger partial charge in [0.05, 0.1) is 24.6 Å². The standard InChI is InChI=1S/C28H25ClN6O2/c1-37-24-10-6-5-9-22(24)27-32-31-26-21-12-11-20(29)18-23(21)30-28(35(26)27)34-15-13-33(14-16-34)25(36)17-19-7-3-2-4-8-19/h2-12,18H,13-17H2,1H3. The molecular weight excluding hydrogens is 488 g/mol. The SMILES string of the molecule is COc1ccccc1-c1nnc2c3ccc(Cl)cc3nc(N3CCN(C(=O)Cc4ccccc4)CC3)n12. The minimum absolute atomic E-state index is 0.133. The van der Waals surface area contributed by atoms with Crippen LogP contribution in [0.15, 0.2) is 72.8 Å². The Balaban J connectivity index is 1.38. The molecule has 0 spiro atoms. The summed E-state index contributed by atoms with van der Waals surface area (Å²) in [5.74, 6) is 2.20. The lowest BCUT2D eigenvalue weighted by Crippen LogP contribution is -2.50. The third kappa shape index (κ3) is 4.34. The fraction of sp³-hybridized carbons (Fsp3) is 0.214. The molecule has 0 unspecified atom stereocenters. The fourth-order valence-corrected chi connectivity index (χ4v) is 5.01. The maximum atomic E-state index is 12.9. The normalized spacial score (nSPS) is 13.9. The molecule has 6 rings (SSSR count). The molecule has 1 aliphatic heterocycles. The van der Waals surface area contributed by atoms with Gasteiger partial charge in [-0.2, -0.15) is 0 Å². The maximum absolute atomic E-state index is 12.9. The second kappa shape index (κ2) is 9.71. The van der Waals surface area contributed by atoms with E-state index in [0.717, 1.165) is 22.0 Å². The number of fused-ring (bicyclic) bond motifs is 3. The van der Waals surface area contributed by atoms with Crippen LogP contribution in [0.25, 0.3) is 27.9 Å². The molecule has 3 aromatic carbocycles. The third-order valence-electron chi connectivity index (χ3n) is 6.75. The molecule has 8 nitrogen and oxygen atoms in total. The number of hydrogen-bond donors (Lipinski definition) is 0. The first-order chi connectivity index (χ1) is 18.1. The molecule has 5 aromatic rings. The molecule has 0 bridgehead atoms. The monoisotopic (exact) mass is 512 g/mol. The fourth-order valence-electron chi connectivity index (χ4n) is 4.85. The van der Waals surface area contributed by atoms with Crippen LogP contribution in [0, 0.1) is 0 Å². The predicted molar refractivity (Wildman–Crippen MR) is 144 cm³/mol. The number of carbonyl (C=O) groups is 1. The van der Waals surface area contributed by atoms with E-state index in [4.69, 9.17) is 21.3 Å². The Morgan fingerprint density at radius 2 is 1.70 bits per heavy atom. The van der Waals surface area contributed by atoms with E-state index in [9.17, 15) is 4.79 Å². The lowest BCUT2D eigenvalue weighted by atomic mass is 10.1. The zero-order valence-electron chi connectivity index (χ0n) is 20.3. The summed E-state index contributed by atoms with van der Waals surface area (Å²) in [6.07, 6.45) is 0.404. The summed E-state index contributed by atoms with van der Waals surface area (Å²) in [5.41, 5.74) is 3.29. The van der Waals surface area contributed by atoms with E-state index >= 15 is 0 Å². The highest BCUT2D eigenvalue weighted by Crippen LogP contribution is 2.33. The lowest BCUT2D eigenvalue weighted by Gasteiger charge is -2.35. The first-order valence-corrected chi connectivity index (χ1v) is 12.5. The van der Waals surface area contributed by atoms with Gasteiger partial charge in [-0.05, 0) is 35.9 Å². The van der Waals surface area contributed by atoms with Crippen molar-refractivity contribution in [2.45, 2.75) is 6.42 Å². The topological polar surface area (TPSA) is 75.9 Å². The van der Waals surface area contributed by atoms with Gasteiger partial charge in [-0.1, -0.05) is 54.1 Å². The summed E-state index contributed by atoms with van der Waals surface area (Å²) in [6, 6.07) is 23.2. The summed E-state index contributed by atoms with van der Waals surface area (Å²) in [5, 5.41) is 10.6. The predicted octanol–water partition coefficient (Wildman–Crippen LogP) is 4.50. The summed E-state index contributed by atoms with van der Waals surface area (Å²) in [4.78, 5) is 22.1. The van der Waals surface area contributed by atoms with E-state index in [1.807, 2.05) is 82.1 Å². The number of halogens is 1. The summed E-state index contributed by atoms with van der Waals surface area (Å²) in [7, 11) is 1.64. The van der Waals surface area contributed by atoms with E-state index in [1.54, 1.807) is 7.11 Å². The maximum Gasteiger partial charge on any atom is 0.227 e. The van der Waals surface area contributed by atoms with E-state index < -0.39 is 0 Å². The van der Waals surface area contributed by atoms with Crippen molar-refractivity contribution in [1.29, 1.82) is 0 Å². The lowest BCUT2D eigenvalue weighted by molar-refractivity contribution is -0.130. The number of rotatable bonds is 5. The van der Waals surface area contributed by atoms with Crippen molar-refractivity contribution in [3.05, 3.63) is 83.4 Å². The van der Waals surface area contributed by atoms with Crippen LogP contribution in [0.5, 0.6) is 5.75 Å². The first-order valence-electron chi connectivity index (χ1n) is 12.2. The van der Waals surface area contributed by atoms with E-state index in [0.29, 0.717) is 60.8 Å². The van der Waals surface area contributed by atoms with Crippen molar-refractivity contribution in [2.24, 2.45) is 0 Å². The van der Waals surface area contributed by atoms with Crippen molar-refractivity contribution < 1.29 is 9.53 Å². The van der Waals surface area contributed by atoms with Crippen LogP contribution in [0.3, 0.4) is 0 Å². The molecule has 1 amide bonds. The molecule has 186 valence electrons. The summed E-state index contributed by atoms with van der Waals surface area (Å²) >= 11 is 6.31. The quantitative estimate of drug-likeness (QED) is 0.345. The number of ether oxygens (including phenoxy) is 1. The van der Waals surface area contributed by atoms with Gasteiger partial charge in [0.25, 0.3) is 0 Å². The highest BCUT2D eigenvalue weighted by Gasteiger charge is 2.26. The molecule has 0 N–H and O–H groups in total. The van der Waals surface area contributed by atoms with Gasteiger partial charge in [-0.15, -0.1) is 10.2 Å². The molecule has 37 heavy (non-hydrogen) atoms. The molecule has 0 radical (unpaired) electrons. The number of anilines is 1. The van der Waals surface area contributed by atoms with Crippen LogP contribution in [0.1, 0.15) is 5.56 Å². The van der Waals surface area contributed by atoms with Crippen LogP contribution >= 0.6 is 11.6 Å². The van der Waals surface area contributed by atoms with Gasteiger partial charge in [-0.3, -0.25) is 4.79 Å². The number of piperazine rings is 1. The van der Waals surface area contributed by atoms with E-state index in [1.165, 1.54) is 0 Å². The minimum Gasteiger partial charge on any atom is -0.496 e. The molecule has 1 aliphatic rings. The van der Waals surface area contributed by atoms with E-state index in [2.05, 4.69) is 15.1 Å². The molecule has 1 fully saturated rings. The van der Waals surface area contributed by atoms with Gasteiger partial charge >= 0.3 is 0 Å². The Kier molecular flexibility index (Phi) is 6.10. The zero-order chi connectivity index (χ0) is 25.4. The zero-order valence-corrected chi connectivity index (χ0v) is 21.1. The molecule has 0 saturated carbocycles. The van der Waals surface area contributed by atoms with Gasteiger partial charge < -0.3 is 14.5 Å². The molecule has 0 atom stereocenters. The summed E-state index contributed by atoms with van der Waals surface area (Å²) < 4.78 is 7.60. The Labute approximate surface area is 219 Å². The molecule has 2 aromatic heterocycles.